The van der Waals surface area contributed by atoms with Gasteiger partial charge in [-0.25, -0.2) is 0 Å². The summed E-state index contributed by atoms with van der Waals surface area (Å²) >= 11 is 0. The molecule has 0 saturated heterocycles. The Morgan fingerprint density at radius 2 is 0.500 bits per heavy atom. The predicted octanol–water partition coefficient (Wildman–Crippen LogP) is 24.4. The second-order valence-corrected chi connectivity index (χ2v) is 25.0. The smallest absolute Gasteiger partial charge is 0.0159 e. The molecule has 0 N–H and O–H groups in total. The van der Waals surface area contributed by atoms with Crippen LogP contribution in [-0.2, 0) is 11.8 Å². The highest BCUT2D eigenvalue weighted by atomic mass is 14.4. The van der Waals surface area contributed by atoms with Gasteiger partial charge in [-0.1, -0.05) is 331 Å². The Labute approximate surface area is 528 Å². The van der Waals surface area contributed by atoms with Crippen LogP contribution in [0.2, 0.25) is 0 Å². The van der Waals surface area contributed by atoms with Gasteiger partial charge in [0.25, 0.3) is 0 Å². The van der Waals surface area contributed by atoms with Crippen molar-refractivity contribution in [1.29, 1.82) is 0 Å². The van der Waals surface area contributed by atoms with E-state index >= 15 is 0 Å². The SMILES string of the molecule is Cc1ccc(-c2cccc(C)c2)cc1.Cc1ccc(-c2ccccc2C)cc1.Cc1ccc2c(c1)C(C)(C)c1cc(C)ccc1-2.Cc1ccc2c(c1)Cc1cc(C)ccc1-2.Cc1cccc(-c2cccc(C)c2)c1.Cc1ccccc1-c1ccccc1C. The molecule has 0 amide bonds. The van der Waals surface area contributed by atoms with Crippen LogP contribution in [0.25, 0.3) is 66.8 Å². The number of rotatable bonds is 4. The van der Waals surface area contributed by atoms with Crippen molar-refractivity contribution in [2.24, 2.45) is 0 Å². The van der Waals surface area contributed by atoms with Crippen molar-refractivity contribution in [3.8, 4) is 66.8 Å². The summed E-state index contributed by atoms with van der Waals surface area (Å²) in [5.74, 6) is 0. The van der Waals surface area contributed by atoms with E-state index in [2.05, 4.69) is 364 Å². The molecule has 2 aliphatic carbocycles. The maximum absolute atomic E-state index is 2.34. The van der Waals surface area contributed by atoms with E-state index in [4.69, 9.17) is 0 Å². The van der Waals surface area contributed by atoms with Gasteiger partial charge in [0.15, 0.2) is 0 Å². The summed E-state index contributed by atoms with van der Waals surface area (Å²) in [5.41, 5.74) is 38.2. The zero-order valence-electron chi connectivity index (χ0n) is 54.6. The molecule has 0 heterocycles. The Morgan fingerprint density at radius 1 is 0.205 bits per heavy atom. The van der Waals surface area contributed by atoms with E-state index in [1.165, 1.54) is 156 Å². The van der Waals surface area contributed by atoms with Crippen molar-refractivity contribution in [2.45, 2.75) is 109 Å². The van der Waals surface area contributed by atoms with Gasteiger partial charge in [-0.15, -0.1) is 0 Å². The molecular weight excluding hydrogens is 1060 g/mol. The third-order valence-corrected chi connectivity index (χ3v) is 17.0. The van der Waals surface area contributed by atoms with Gasteiger partial charge < -0.3 is 0 Å². The summed E-state index contributed by atoms with van der Waals surface area (Å²) in [6.45, 7) is 30.4. The van der Waals surface area contributed by atoms with Crippen LogP contribution in [0.15, 0.2) is 267 Å². The summed E-state index contributed by atoms with van der Waals surface area (Å²) in [4.78, 5) is 0. The van der Waals surface area contributed by atoms with Crippen molar-refractivity contribution < 1.29 is 0 Å². The maximum Gasteiger partial charge on any atom is 0.0159 e. The Morgan fingerprint density at radius 3 is 0.864 bits per heavy atom. The molecule has 0 unspecified atom stereocenters. The minimum absolute atomic E-state index is 0.142. The first-order valence-corrected chi connectivity index (χ1v) is 31.2. The van der Waals surface area contributed by atoms with Crippen LogP contribution in [0, 0.1) is 83.1 Å². The Hall–Kier alpha value is -9.36. The average molecular weight is 1150 g/mol. The third kappa shape index (κ3) is 16.0. The van der Waals surface area contributed by atoms with E-state index < -0.39 is 0 Å². The molecule has 0 spiro atoms. The Kier molecular flexibility index (Phi) is 20.7. The zero-order chi connectivity index (χ0) is 62.5. The van der Waals surface area contributed by atoms with E-state index in [-0.39, 0.29) is 5.41 Å². The van der Waals surface area contributed by atoms with Gasteiger partial charge in [-0.2, -0.15) is 0 Å². The monoisotopic (exact) mass is 1140 g/mol. The van der Waals surface area contributed by atoms with Crippen LogP contribution in [-0.4, -0.2) is 0 Å². The predicted molar refractivity (Wildman–Crippen MR) is 383 cm³/mol. The minimum atomic E-state index is 0.142. The van der Waals surface area contributed by atoms with Gasteiger partial charge in [-0.05, 0) is 195 Å². The molecule has 0 heteroatoms. The molecule has 0 nitrogen and oxygen atoms in total. The van der Waals surface area contributed by atoms with E-state index in [0.717, 1.165) is 6.42 Å². The lowest BCUT2D eigenvalue weighted by Gasteiger charge is -2.22. The van der Waals surface area contributed by atoms with Crippen molar-refractivity contribution in [3.63, 3.8) is 0 Å². The van der Waals surface area contributed by atoms with Gasteiger partial charge >= 0.3 is 0 Å². The topological polar surface area (TPSA) is 0 Å². The third-order valence-electron chi connectivity index (χ3n) is 17.0. The molecule has 440 valence electrons. The molecule has 0 fully saturated rings. The highest BCUT2D eigenvalue weighted by Crippen LogP contribution is 2.49. The lowest BCUT2D eigenvalue weighted by molar-refractivity contribution is 0.659. The van der Waals surface area contributed by atoms with Crippen LogP contribution in [0.5, 0.6) is 0 Å². The van der Waals surface area contributed by atoms with Gasteiger partial charge in [0.1, 0.15) is 0 Å². The standard InChI is InChI=1S/C17H18.C15H14.4C14H14/c1-11-5-7-13-14-8-6-12(2)10-16(14)17(3,4)15(13)9-11;1-10-3-5-14-12(7-10)9-13-8-11(2)4-6-15(13)14;1-11-5-3-7-13(9-11)14-8-4-6-12(2)10-14;1-11-7-3-5-9-13(11)14-10-6-4-8-12(14)2;1-11-6-8-13(9-7-11)14-5-3-4-12(2)10-14;1-11-7-9-13(10-8-11)14-6-4-3-5-12(14)2/h5-10H,1-4H3;3-8H,9H2,1-2H3;4*3-10H,1-2H3. The van der Waals surface area contributed by atoms with Gasteiger partial charge in [-0.3, -0.25) is 0 Å². The lowest BCUT2D eigenvalue weighted by atomic mass is 9.81. The van der Waals surface area contributed by atoms with Gasteiger partial charge in [0.2, 0.25) is 0 Å². The van der Waals surface area contributed by atoms with Crippen LogP contribution in [0.3, 0.4) is 0 Å². The Bertz CT molecular complexity index is 4120. The first-order valence-electron chi connectivity index (χ1n) is 31.2. The van der Waals surface area contributed by atoms with Crippen molar-refractivity contribution >= 4 is 0 Å². The number of hydrogen-bond acceptors (Lipinski definition) is 0. The van der Waals surface area contributed by atoms with Crippen LogP contribution >= 0.6 is 0 Å². The summed E-state index contributed by atoms with van der Waals surface area (Å²) in [5, 5.41) is 0. The molecule has 14 rings (SSSR count). The Balaban J connectivity index is 0.000000126. The molecular formula is C88H88. The van der Waals surface area contributed by atoms with E-state index in [9.17, 15) is 0 Å². The van der Waals surface area contributed by atoms with Crippen molar-refractivity contribution in [3.05, 3.63) is 356 Å². The lowest BCUT2D eigenvalue weighted by Crippen LogP contribution is -2.15. The first-order chi connectivity index (χ1) is 42.3. The quantitative estimate of drug-likeness (QED) is 0.165. The molecule has 12 aromatic carbocycles. The number of fused-ring (bicyclic) bond motifs is 6. The van der Waals surface area contributed by atoms with E-state index in [1.54, 1.807) is 0 Å². The minimum Gasteiger partial charge on any atom is -0.0620 e. The fourth-order valence-corrected chi connectivity index (χ4v) is 12.0. The summed E-state index contributed by atoms with van der Waals surface area (Å²) in [6.07, 6.45) is 1.11. The summed E-state index contributed by atoms with van der Waals surface area (Å²) in [7, 11) is 0. The number of hydrogen-bond donors (Lipinski definition) is 0. The largest absolute Gasteiger partial charge is 0.0620 e. The van der Waals surface area contributed by atoms with E-state index in [1.807, 2.05) is 0 Å². The van der Waals surface area contributed by atoms with Crippen LogP contribution in [0.1, 0.15) is 103 Å². The fourth-order valence-electron chi connectivity index (χ4n) is 12.0. The summed E-state index contributed by atoms with van der Waals surface area (Å²) < 4.78 is 0. The van der Waals surface area contributed by atoms with Crippen molar-refractivity contribution in [1.82, 2.24) is 0 Å². The molecule has 0 radical (unpaired) electrons. The second-order valence-electron chi connectivity index (χ2n) is 25.0. The number of aryl methyl sites for hydroxylation is 12. The normalized spacial score (nSPS) is 11.6. The summed E-state index contributed by atoms with van der Waals surface area (Å²) in [6, 6.07) is 95.8. The second kappa shape index (κ2) is 28.9. The highest BCUT2D eigenvalue weighted by molar-refractivity contribution is 5.81. The molecule has 0 saturated carbocycles. The molecule has 0 bridgehead atoms. The molecule has 0 aromatic heterocycles. The number of benzene rings is 12. The van der Waals surface area contributed by atoms with Crippen LogP contribution < -0.4 is 0 Å². The van der Waals surface area contributed by atoms with E-state index in [0.29, 0.717) is 0 Å². The molecule has 0 aliphatic heterocycles. The van der Waals surface area contributed by atoms with Crippen molar-refractivity contribution in [2.75, 3.05) is 0 Å². The zero-order valence-corrected chi connectivity index (χ0v) is 54.6. The van der Waals surface area contributed by atoms with Gasteiger partial charge in [0.05, 0.1) is 0 Å². The molecule has 0 atom stereocenters. The molecule has 88 heavy (non-hydrogen) atoms. The highest BCUT2D eigenvalue weighted by Gasteiger charge is 2.35. The van der Waals surface area contributed by atoms with Gasteiger partial charge in [0, 0.05) is 5.41 Å². The first kappa shape index (κ1) is 63.2. The average Bonchev–Trinajstić information content (AvgIpc) is 1.66. The molecule has 12 aromatic rings. The molecule has 2 aliphatic rings. The van der Waals surface area contributed by atoms with Crippen LogP contribution in [0.4, 0.5) is 0 Å². The maximum atomic E-state index is 2.34. The fraction of sp³-hybridized carbons (Fsp3) is 0.182.